The Morgan fingerprint density at radius 3 is 2.82 bits per heavy atom. The molecule has 0 N–H and O–H groups in total. The lowest BCUT2D eigenvalue weighted by Gasteiger charge is -2.20. The van der Waals surface area contributed by atoms with Crippen LogP contribution in [0.15, 0.2) is 24.3 Å². The third-order valence-corrected chi connectivity index (χ3v) is 3.99. The van der Waals surface area contributed by atoms with E-state index in [0.717, 1.165) is 0 Å². The molecule has 0 radical (unpaired) electrons. The van der Waals surface area contributed by atoms with Crippen molar-refractivity contribution in [3.63, 3.8) is 0 Å². The highest BCUT2D eigenvalue weighted by molar-refractivity contribution is 7.18. The monoisotopic (exact) mass is 323 g/mol. The first-order valence-corrected chi connectivity index (χ1v) is 7.74. The van der Waals surface area contributed by atoms with Crippen LogP contribution in [0, 0.1) is 11.7 Å². The number of carbonyl (C=O) groups is 1. The standard InChI is InChI=1S/C15H18FN3O2S/c1-10(2)14(20)19(7-8-21-3)15-18-17-13(22-15)11-5-4-6-12(16)9-11/h4-6,9-10H,7-8H2,1-3H3. The van der Waals surface area contributed by atoms with Crippen LogP contribution in [0.1, 0.15) is 13.8 Å². The van der Waals surface area contributed by atoms with Gasteiger partial charge in [-0.2, -0.15) is 0 Å². The molecule has 0 saturated heterocycles. The Hall–Kier alpha value is -1.86. The van der Waals surface area contributed by atoms with Crippen molar-refractivity contribution in [2.75, 3.05) is 25.2 Å². The highest BCUT2D eigenvalue weighted by Gasteiger charge is 2.22. The summed E-state index contributed by atoms with van der Waals surface area (Å²) in [6, 6.07) is 6.15. The normalized spacial score (nSPS) is 11.0. The number of anilines is 1. The predicted molar refractivity (Wildman–Crippen MR) is 84.4 cm³/mol. The second-order valence-electron chi connectivity index (χ2n) is 5.04. The third-order valence-electron chi connectivity index (χ3n) is 3.00. The molecule has 0 atom stereocenters. The number of halogens is 1. The van der Waals surface area contributed by atoms with Gasteiger partial charge in [-0.25, -0.2) is 4.39 Å². The van der Waals surface area contributed by atoms with Crippen LogP contribution in [0.2, 0.25) is 0 Å². The van der Waals surface area contributed by atoms with Gasteiger partial charge in [0.1, 0.15) is 10.8 Å². The molecule has 0 aliphatic heterocycles. The van der Waals surface area contributed by atoms with Gasteiger partial charge in [0.05, 0.1) is 13.2 Å². The number of ether oxygens (including phenoxy) is 1. The van der Waals surface area contributed by atoms with Gasteiger partial charge in [0.15, 0.2) is 0 Å². The van der Waals surface area contributed by atoms with Crippen molar-refractivity contribution < 1.29 is 13.9 Å². The molecule has 1 aromatic carbocycles. The first-order chi connectivity index (χ1) is 10.5. The number of hydrogen-bond donors (Lipinski definition) is 0. The molecule has 0 fully saturated rings. The minimum absolute atomic E-state index is 0.0426. The SMILES string of the molecule is COCCN(C(=O)C(C)C)c1nnc(-c2cccc(F)c2)s1. The molecule has 5 nitrogen and oxygen atoms in total. The Morgan fingerprint density at radius 2 is 2.18 bits per heavy atom. The molecule has 1 amide bonds. The summed E-state index contributed by atoms with van der Waals surface area (Å²) >= 11 is 1.26. The van der Waals surface area contributed by atoms with Gasteiger partial charge in [-0.15, -0.1) is 10.2 Å². The zero-order valence-electron chi connectivity index (χ0n) is 12.7. The maximum Gasteiger partial charge on any atom is 0.231 e. The number of benzene rings is 1. The molecular weight excluding hydrogens is 305 g/mol. The van der Waals surface area contributed by atoms with Crippen molar-refractivity contribution in [3.05, 3.63) is 30.1 Å². The van der Waals surface area contributed by atoms with Crippen LogP contribution in [-0.2, 0) is 9.53 Å². The van der Waals surface area contributed by atoms with Gasteiger partial charge in [0.2, 0.25) is 11.0 Å². The molecule has 2 aromatic rings. The number of aromatic nitrogens is 2. The second-order valence-corrected chi connectivity index (χ2v) is 5.99. The minimum atomic E-state index is -0.330. The molecule has 0 bridgehead atoms. The van der Waals surface area contributed by atoms with Crippen LogP contribution < -0.4 is 4.90 Å². The van der Waals surface area contributed by atoms with E-state index < -0.39 is 0 Å². The van der Waals surface area contributed by atoms with Gasteiger partial charge < -0.3 is 4.74 Å². The zero-order chi connectivity index (χ0) is 16.1. The Kier molecular flexibility index (Phi) is 5.57. The van der Waals surface area contributed by atoms with E-state index in [4.69, 9.17) is 4.74 Å². The predicted octanol–water partition coefficient (Wildman–Crippen LogP) is 2.98. The van der Waals surface area contributed by atoms with E-state index in [9.17, 15) is 9.18 Å². The van der Waals surface area contributed by atoms with E-state index in [1.54, 1.807) is 24.1 Å². The zero-order valence-corrected chi connectivity index (χ0v) is 13.6. The molecule has 22 heavy (non-hydrogen) atoms. The van der Waals surface area contributed by atoms with Gasteiger partial charge in [-0.1, -0.05) is 37.3 Å². The highest BCUT2D eigenvalue weighted by Crippen LogP contribution is 2.29. The van der Waals surface area contributed by atoms with E-state index in [1.807, 2.05) is 13.8 Å². The molecule has 0 spiro atoms. The quantitative estimate of drug-likeness (QED) is 0.820. The Bertz CT molecular complexity index is 645. The van der Waals surface area contributed by atoms with Crippen molar-refractivity contribution in [3.8, 4) is 10.6 Å². The van der Waals surface area contributed by atoms with Crippen molar-refractivity contribution in [1.29, 1.82) is 0 Å². The summed E-state index contributed by atoms with van der Waals surface area (Å²) in [7, 11) is 1.58. The molecule has 0 saturated carbocycles. The van der Waals surface area contributed by atoms with Gasteiger partial charge in [-0.3, -0.25) is 9.69 Å². The first-order valence-electron chi connectivity index (χ1n) is 6.92. The fourth-order valence-corrected chi connectivity index (χ4v) is 2.73. The fourth-order valence-electron chi connectivity index (χ4n) is 1.86. The average Bonchev–Trinajstić information content (AvgIpc) is 2.97. The Labute approximate surface area is 132 Å². The van der Waals surface area contributed by atoms with Gasteiger partial charge in [0, 0.05) is 18.6 Å². The average molecular weight is 323 g/mol. The summed E-state index contributed by atoms with van der Waals surface area (Å²) in [4.78, 5) is 13.9. The molecular formula is C15H18FN3O2S. The van der Waals surface area contributed by atoms with E-state index in [1.165, 1.54) is 23.5 Å². The number of nitrogens with zero attached hydrogens (tertiary/aromatic N) is 3. The van der Waals surface area contributed by atoms with Crippen molar-refractivity contribution in [2.24, 2.45) is 5.92 Å². The Balaban J connectivity index is 2.28. The molecule has 0 aliphatic carbocycles. The van der Waals surface area contributed by atoms with Crippen LogP contribution >= 0.6 is 11.3 Å². The third kappa shape index (κ3) is 3.86. The van der Waals surface area contributed by atoms with Crippen LogP contribution in [0.3, 0.4) is 0 Å². The number of hydrogen-bond acceptors (Lipinski definition) is 5. The molecule has 2 rings (SSSR count). The summed E-state index contributed by atoms with van der Waals surface area (Å²) in [5.41, 5.74) is 0.646. The summed E-state index contributed by atoms with van der Waals surface area (Å²) in [6.45, 7) is 4.48. The summed E-state index contributed by atoms with van der Waals surface area (Å²) in [5.74, 6) is -0.527. The molecule has 7 heteroatoms. The van der Waals surface area contributed by atoms with Crippen molar-refractivity contribution >= 4 is 22.4 Å². The van der Waals surface area contributed by atoms with Crippen LogP contribution in [0.25, 0.3) is 10.6 Å². The summed E-state index contributed by atoms with van der Waals surface area (Å²) in [6.07, 6.45) is 0. The van der Waals surface area contributed by atoms with E-state index >= 15 is 0 Å². The molecule has 0 unspecified atom stereocenters. The van der Waals surface area contributed by atoms with Gasteiger partial charge in [0.25, 0.3) is 0 Å². The van der Waals surface area contributed by atoms with Gasteiger partial charge in [-0.05, 0) is 12.1 Å². The Morgan fingerprint density at radius 1 is 1.41 bits per heavy atom. The fraction of sp³-hybridized carbons (Fsp3) is 0.400. The number of carbonyl (C=O) groups excluding carboxylic acids is 1. The van der Waals surface area contributed by atoms with Crippen LogP contribution in [-0.4, -0.2) is 36.4 Å². The van der Waals surface area contributed by atoms with Crippen LogP contribution in [0.5, 0.6) is 0 Å². The maximum absolute atomic E-state index is 13.3. The van der Waals surface area contributed by atoms with Crippen molar-refractivity contribution in [2.45, 2.75) is 13.8 Å². The van der Waals surface area contributed by atoms with E-state index in [0.29, 0.717) is 28.9 Å². The summed E-state index contributed by atoms with van der Waals surface area (Å²) < 4.78 is 18.3. The lowest BCUT2D eigenvalue weighted by Crippen LogP contribution is -2.36. The largest absolute Gasteiger partial charge is 0.383 e. The molecule has 1 heterocycles. The molecule has 1 aromatic heterocycles. The second kappa shape index (κ2) is 7.42. The van der Waals surface area contributed by atoms with E-state index in [2.05, 4.69) is 10.2 Å². The number of methoxy groups -OCH3 is 1. The van der Waals surface area contributed by atoms with Gasteiger partial charge >= 0.3 is 0 Å². The highest BCUT2D eigenvalue weighted by atomic mass is 32.1. The number of amides is 1. The molecule has 0 aliphatic rings. The smallest absolute Gasteiger partial charge is 0.231 e. The maximum atomic E-state index is 13.3. The van der Waals surface area contributed by atoms with Crippen LogP contribution in [0.4, 0.5) is 9.52 Å². The minimum Gasteiger partial charge on any atom is -0.383 e. The lowest BCUT2D eigenvalue weighted by molar-refractivity contribution is -0.121. The lowest BCUT2D eigenvalue weighted by atomic mass is 10.2. The number of rotatable bonds is 6. The topological polar surface area (TPSA) is 55.3 Å². The van der Waals surface area contributed by atoms with Crippen molar-refractivity contribution in [1.82, 2.24) is 10.2 Å². The summed E-state index contributed by atoms with van der Waals surface area (Å²) in [5, 5.41) is 9.21. The van der Waals surface area contributed by atoms with E-state index in [-0.39, 0.29) is 17.6 Å². The molecule has 118 valence electrons. The first kappa shape index (κ1) is 16.5.